The van der Waals surface area contributed by atoms with E-state index in [1.54, 1.807) is 14.2 Å². The summed E-state index contributed by atoms with van der Waals surface area (Å²) in [6.07, 6.45) is 4.25. The van der Waals surface area contributed by atoms with Crippen LogP contribution in [-0.4, -0.2) is 33.5 Å². The molecule has 0 aliphatic carbocycles. The summed E-state index contributed by atoms with van der Waals surface area (Å²) in [5, 5.41) is 0. The van der Waals surface area contributed by atoms with Gasteiger partial charge in [0, 0.05) is 35.4 Å². The van der Waals surface area contributed by atoms with Crippen molar-refractivity contribution in [2.75, 3.05) is 32.2 Å². The normalized spacial score (nSPS) is 14.4. The molecule has 1 aliphatic heterocycles. The summed E-state index contributed by atoms with van der Waals surface area (Å²) in [7, 11) is 3.39. The van der Waals surface area contributed by atoms with Crippen molar-refractivity contribution in [3.8, 4) is 11.5 Å². The maximum atomic E-state index is 5.61. The van der Waals surface area contributed by atoms with Crippen molar-refractivity contribution in [2.24, 2.45) is 4.99 Å². The van der Waals surface area contributed by atoms with E-state index in [9.17, 15) is 0 Å². The first kappa shape index (κ1) is 16.8. The molecule has 0 radical (unpaired) electrons. The van der Waals surface area contributed by atoms with Crippen molar-refractivity contribution in [3.63, 3.8) is 0 Å². The fourth-order valence-corrected chi connectivity index (χ4v) is 3.29. The number of nitrogens with zero attached hydrogens (tertiary/aromatic N) is 2. The van der Waals surface area contributed by atoms with Crippen LogP contribution in [0, 0.1) is 0 Å². The molecule has 0 amide bonds. The van der Waals surface area contributed by atoms with E-state index in [4.69, 9.17) is 9.47 Å². The van der Waals surface area contributed by atoms with Crippen molar-refractivity contribution in [2.45, 2.75) is 12.8 Å². The maximum Gasteiger partial charge on any atom is 0.143 e. The molecule has 24 heavy (non-hydrogen) atoms. The van der Waals surface area contributed by atoms with Gasteiger partial charge in [-0.1, -0.05) is 12.1 Å². The van der Waals surface area contributed by atoms with Crippen molar-refractivity contribution >= 4 is 33.5 Å². The predicted molar refractivity (Wildman–Crippen MR) is 102 cm³/mol. The van der Waals surface area contributed by atoms with Crippen LogP contribution in [0.25, 0.3) is 0 Å². The predicted octanol–water partition coefficient (Wildman–Crippen LogP) is 4.82. The minimum absolute atomic E-state index is 0.800. The summed E-state index contributed by atoms with van der Waals surface area (Å²) in [5.74, 6) is 1.65. The van der Waals surface area contributed by atoms with Crippen LogP contribution in [0.4, 0.5) is 11.4 Å². The standard InChI is InChI=1S/C19H21BrN2O2/c1-23-18-12-17(22-9-5-6-10-22)19(24-2)11-14(18)13-21-16-8-4-3-7-15(16)20/h3-4,7-8,11-13H,5-6,9-10H2,1-2H3. The molecule has 2 aromatic rings. The molecule has 5 heteroatoms. The zero-order valence-electron chi connectivity index (χ0n) is 14.0. The Morgan fingerprint density at radius 1 is 1.04 bits per heavy atom. The number of rotatable bonds is 5. The second-order valence-electron chi connectivity index (χ2n) is 5.67. The van der Waals surface area contributed by atoms with Crippen LogP contribution in [-0.2, 0) is 0 Å². The number of hydrogen-bond donors (Lipinski definition) is 0. The fraction of sp³-hybridized carbons (Fsp3) is 0.316. The summed E-state index contributed by atoms with van der Waals surface area (Å²) < 4.78 is 12.1. The van der Waals surface area contributed by atoms with Gasteiger partial charge in [0.15, 0.2) is 0 Å². The van der Waals surface area contributed by atoms with Gasteiger partial charge in [-0.05, 0) is 47.0 Å². The molecule has 0 atom stereocenters. The molecule has 1 heterocycles. The first-order chi connectivity index (χ1) is 11.7. The molecule has 0 aromatic heterocycles. The van der Waals surface area contributed by atoms with Crippen molar-refractivity contribution in [3.05, 3.63) is 46.4 Å². The lowest BCUT2D eigenvalue weighted by Crippen LogP contribution is -2.18. The molecule has 4 nitrogen and oxygen atoms in total. The Labute approximate surface area is 151 Å². The van der Waals surface area contributed by atoms with Crippen LogP contribution < -0.4 is 14.4 Å². The van der Waals surface area contributed by atoms with Gasteiger partial charge in [0.1, 0.15) is 11.5 Å². The first-order valence-corrected chi connectivity index (χ1v) is 8.82. The average molecular weight is 389 g/mol. The summed E-state index contributed by atoms with van der Waals surface area (Å²) in [4.78, 5) is 6.91. The second kappa shape index (κ2) is 7.71. The molecule has 0 bridgehead atoms. The van der Waals surface area contributed by atoms with Crippen LogP contribution in [0.3, 0.4) is 0 Å². The Bertz CT molecular complexity index is 740. The molecule has 0 N–H and O–H groups in total. The van der Waals surface area contributed by atoms with E-state index in [-0.39, 0.29) is 0 Å². The zero-order chi connectivity index (χ0) is 16.9. The minimum atomic E-state index is 0.800. The van der Waals surface area contributed by atoms with Crippen LogP contribution in [0.5, 0.6) is 11.5 Å². The third-order valence-electron chi connectivity index (χ3n) is 4.17. The van der Waals surface area contributed by atoms with E-state index in [0.29, 0.717) is 0 Å². The van der Waals surface area contributed by atoms with Gasteiger partial charge in [-0.3, -0.25) is 4.99 Å². The Morgan fingerprint density at radius 2 is 1.75 bits per heavy atom. The van der Waals surface area contributed by atoms with Gasteiger partial charge >= 0.3 is 0 Å². The average Bonchev–Trinajstić information content (AvgIpc) is 3.14. The topological polar surface area (TPSA) is 34.1 Å². The van der Waals surface area contributed by atoms with E-state index in [1.165, 1.54) is 12.8 Å². The maximum absolute atomic E-state index is 5.61. The van der Waals surface area contributed by atoms with E-state index >= 15 is 0 Å². The number of methoxy groups -OCH3 is 2. The van der Waals surface area contributed by atoms with Gasteiger partial charge < -0.3 is 14.4 Å². The molecule has 0 unspecified atom stereocenters. The highest BCUT2D eigenvalue weighted by Gasteiger charge is 2.19. The molecule has 1 saturated heterocycles. The largest absolute Gasteiger partial charge is 0.496 e. The third kappa shape index (κ3) is 3.56. The Balaban J connectivity index is 1.96. The van der Waals surface area contributed by atoms with Crippen molar-refractivity contribution in [1.29, 1.82) is 0 Å². The lowest BCUT2D eigenvalue weighted by atomic mass is 10.1. The molecule has 1 aliphatic rings. The smallest absolute Gasteiger partial charge is 0.143 e. The van der Waals surface area contributed by atoms with Crippen LogP contribution >= 0.6 is 15.9 Å². The van der Waals surface area contributed by atoms with Gasteiger partial charge in [-0.25, -0.2) is 0 Å². The second-order valence-corrected chi connectivity index (χ2v) is 6.52. The quantitative estimate of drug-likeness (QED) is 0.688. The van der Waals surface area contributed by atoms with Crippen molar-refractivity contribution in [1.82, 2.24) is 0 Å². The third-order valence-corrected chi connectivity index (χ3v) is 4.84. The number of ether oxygens (including phenoxy) is 2. The highest BCUT2D eigenvalue weighted by molar-refractivity contribution is 9.10. The summed E-state index contributed by atoms with van der Waals surface area (Å²) >= 11 is 3.51. The lowest BCUT2D eigenvalue weighted by molar-refractivity contribution is 0.402. The molecule has 2 aromatic carbocycles. The fourth-order valence-electron chi connectivity index (χ4n) is 2.91. The van der Waals surface area contributed by atoms with Gasteiger partial charge in [-0.2, -0.15) is 0 Å². The molecular weight excluding hydrogens is 368 g/mol. The molecule has 0 spiro atoms. The summed E-state index contributed by atoms with van der Waals surface area (Å²) in [5.41, 5.74) is 2.86. The SMILES string of the molecule is COc1cc(N2CCCC2)c(OC)cc1C=Nc1ccccc1Br. The number of anilines is 1. The van der Waals surface area contributed by atoms with E-state index in [2.05, 4.69) is 25.8 Å². The van der Waals surface area contributed by atoms with Crippen LogP contribution in [0.2, 0.25) is 0 Å². The van der Waals surface area contributed by atoms with Gasteiger partial charge in [0.05, 0.1) is 25.6 Å². The monoisotopic (exact) mass is 388 g/mol. The van der Waals surface area contributed by atoms with Gasteiger partial charge in [-0.15, -0.1) is 0 Å². The first-order valence-electron chi connectivity index (χ1n) is 8.02. The lowest BCUT2D eigenvalue weighted by Gasteiger charge is -2.22. The van der Waals surface area contributed by atoms with Gasteiger partial charge in [0.2, 0.25) is 0 Å². The Kier molecular flexibility index (Phi) is 5.41. The molecular formula is C19H21BrN2O2. The summed E-state index contributed by atoms with van der Waals surface area (Å²) in [6.45, 7) is 2.12. The van der Waals surface area contributed by atoms with E-state index < -0.39 is 0 Å². The highest BCUT2D eigenvalue weighted by Crippen LogP contribution is 2.37. The summed E-state index contributed by atoms with van der Waals surface area (Å²) in [6, 6.07) is 11.9. The molecule has 3 rings (SSSR count). The van der Waals surface area contributed by atoms with Crippen molar-refractivity contribution < 1.29 is 9.47 Å². The molecule has 0 saturated carbocycles. The Hall–Kier alpha value is -2.01. The number of aliphatic imine (C=N–C) groups is 1. The zero-order valence-corrected chi connectivity index (χ0v) is 15.5. The number of hydrogen-bond acceptors (Lipinski definition) is 4. The van der Waals surface area contributed by atoms with Gasteiger partial charge in [0.25, 0.3) is 0 Å². The van der Waals surface area contributed by atoms with E-state index in [0.717, 1.165) is 46.0 Å². The minimum Gasteiger partial charge on any atom is -0.496 e. The highest BCUT2D eigenvalue weighted by atomic mass is 79.9. The number of benzene rings is 2. The van der Waals surface area contributed by atoms with E-state index in [1.807, 2.05) is 42.6 Å². The van der Waals surface area contributed by atoms with Crippen LogP contribution in [0.15, 0.2) is 45.9 Å². The number of halogens is 1. The molecule has 126 valence electrons. The Morgan fingerprint density at radius 3 is 2.42 bits per heavy atom. The van der Waals surface area contributed by atoms with Crippen LogP contribution in [0.1, 0.15) is 18.4 Å². The number of para-hydroxylation sites is 1. The molecule has 1 fully saturated rings.